The third-order valence-electron chi connectivity index (χ3n) is 3.96. The molecule has 3 rings (SSSR count). The highest BCUT2D eigenvalue weighted by molar-refractivity contribution is 7.92. The van der Waals surface area contributed by atoms with Gasteiger partial charge in [0.1, 0.15) is 0 Å². The highest BCUT2D eigenvalue weighted by Crippen LogP contribution is 2.23. The average Bonchev–Trinajstić information content (AvgIpc) is 3.23. The number of hydrogen-bond acceptors (Lipinski definition) is 8. The second kappa shape index (κ2) is 8.74. The van der Waals surface area contributed by atoms with Gasteiger partial charge >= 0.3 is 11.9 Å². The van der Waals surface area contributed by atoms with E-state index in [1.165, 1.54) is 42.3 Å². The van der Waals surface area contributed by atoms with Crippen LogP contribution in [0.15, 0.2) is 59.6 Å². The Hall–Kier alpha value is -3.73. The number of benzene rings is 2. The third-order valence-corrected chi connectivity index (χ3v) is 5.34. The lowest BCUT2D eigenvalue weighted by Crippen LogP contribution is -2.15. The molecule has 0 radical (unpaired) electrons. The van der Waals surface area contributed by atoms with E-state index < -0.39 is 22.0 Å². The molecular weight excluding hydrogens is 412 g/mol. The van der Waals surface area contributed by atoms with Crippen LogP contribution in [0.25, 0.3) is 5.69 Å². The molecule has 0 saturated carbocycles. The van der Waals surface area contributed by atoms with Crippen LogP contribution in [0.4, 0.5) is 5.69 Å². The van der Waals surface area contributed by atoms with E-state index in [4.69, 9.17) is 4.74 Å². The van der Waals surface area contributed by atoms with Crippen molar-refractivity contribution in [3.05, 3.63) is 66.0 Å². The number of esters is 2. The molecule has 156 valence electrons. The SMILES string of the molecule is CCOC(=O)c1ccc(S(=O)(=O)Nc2ccccc2-n2cc(C(=O)OC)nn2)cc1. The van der Waals surface area contributed by atoms with Crippen molar-refractivity contribution in [2.24, 2.45) is 0 Å². The first kappa shape index (κ1) is 21.0. The topological polar surface area (TPSA) is 129 Å². The monoisotopic (exact) mass is 430 g/mol. The fraction of sp³-hybridized carbons (Fsp3) is 0.158. The van der Waals surface area contributed by atoms with E-state index in [9.17, 15) is 18.0 Å². The summed E-state index contributed by atoms with van der Waals surface area (Å²) >= 11 is 0. The first-order valence-electron chi connectivity index (χ1n) is 8.75. The molecule has 1 N–H and O–H groups in total. The number of para-hydroxylation sites is 2. The van der Waals surface area contributed by atoms with Gasteiger partial charge in [-0.2, -0.15) is 0 Å². The van der Waals surface area contributed by atoms with Crippen LogP contribution in [0.2, 0.25) is 0 Å². The lowest BCUT2D eigenvalue weighted by molar-refractivity contribution is 0.0525. The number of carbonyl (C=O) groups is 2. The molecule has 0 aliphatic carbocycles. The van der Waals surface area contributed by atoms with Crippen LogP contribution in [0.3, 0.4) is 0 Å². The predicted octanol–water partition coefficient (Wildman–Crippen LogP) is 2.03. The zero-order valence-corrected chi connectivity index (χ0v) is 16.9. The van der Waals surface area contributed by atoms with Crippen molar-refractivity contribution in [1.29, 1.82) is 0 Å². The number of hydrogen-bond donors (Lipinski definition) is 1. The summed E-state index contributed by atoms with van der Waals surface area (Å²) in [6.45, 7) is 1.90. The molecule has 0 unspecified atom stereocenters. The fourth-order valence-corrected chi connectivity index (χ4v) is 3.60. The minimum Gasteiger partial charge on any atom is -0.464 e. The zero-order valence-electron chi connectivity index (χ0n) is 16.1. The molecule has 0 saturated heterocycles. The van der Waals surface area contributed by atoms with Crippen LogP contribution in [-0.4, -0.2) is 49.1 Å². The molecule has 1 aromatic heterocycles. The number of aromatic nitrogens is 3. The van der Waals surface area contributed by atoms with E-state index in [1.807, 2.05) is 0 Å². The zero-order chi connectivity index (χ0) is 21.7. The average molecular weight is 430 g/mol. The number of sulfonamides is 1. The van der Waals surface area contributed by atoms with E-state index >= 15 is 0 Å². The third kappa shape index (κ3) is 4.46. The highest BCUT2D eigenvalue weighted by atomic mass is 32.2. The quantitative estimate of drug-likeness (QED) is 0.564. The molecule has 0 fully saturated rings. The van der Waals surface area contributed by atoms with Crippen LogP contribution >= 0.6 is 0 Å². The van der Waals surface area contributed by atoms with Gasteiger partial charge in [0.2, 0.25) is 0 Å². The smallest absolute Gasteiger partial charge is 0.360 e. The van der Waals surface area contributed by atoms with Gasteiger partial charge in [-0.3, -0.25) is 4.72 Å². The molecule has 0 bridgehead atoms. The second-order valence-corrected chi connectivity index (χ2v) is 7.59. The Kier molecular flexibility index (Phi) is 6.11. The van der Waals surface area contributed by atoms with Crippen molar-refractivity contribution in [3.8, 4) is 5.69 Å². The molecule has 1 heterocycles. The number of carbonyl (C=O) groups excluding carboxylic acids is 2. The van der Waals surface area contributed by atoms with Crippen LogP contribution < -0.4 is 4.72 Å². The van der Waals surface area contributed by atoms with E-state index in [0.717, 1.165) is 0 Å². The number of rotatable bonds is 7. The number of anilines is 1. The summed E-state index contributed by atoms with van der Waals surface area (Å²) in [6, 6.07) is 11.8. The summed E-state index contributed by atoms with van der Waals surface area (Å²) in [4.78, 5) is 23.3. The summed E-state index contributed by atoms with van der Waals surface area (Å²) in [5.41, 5.74) is 0.791. The summed E-state index contributed by atoms with van der Waals surface area (Å²) in [7, 11) is -2.75. The predicted molar refractivity (Wildman–Crippen MR) is 106 cm³/mol. The van der Waals surface area contributed by atoms with Crippen LogP contribution in [0.1, 0.15) is 27.8 Å². The molecule has 0 aliphatic heterocycles. The van der Waals surface area contributed by atoms with Crippen molar-refractivity contribution in [1.82, 2.24) is 15.0 Å². The van der Waals surface area contributed by atoms with Crippen LogP contribution in [0, 0.1) is 0 Å². The lowest BCUT2D eigenvalue weighted by atomic mass is 10.2. The Morgan fingerprint density at radius 3 is 2.43 bits per heavy atom. The van der Waals surface area contributed by atoms with Gasteiger partial charge in [0, 0.05) is 0 Å². The van der Waals surface area contributed by atoms with Gasteiger partial charge < -0.3 is 9.47 Å². The van der Waals surface area contributed by atoms with Gasteiger partial charge in [0.25, 0.3) is 10.0 Å². The molecule has 0 spiro atoms. The fourth-order valence-electron chi connectivity index (χ4n) is 2.53. The number of nitrogens with zero attached hydrogens (tertiary/aromatic N) is 3. The van der Waals surface area contributed by atoms with Crippen molar-refractivity contribution in [2.45, 2.75) is 11.8 Å². The minimum absolute atomic E-state index is 0.0234. The molecular formula is C19H18N4O6S. The van der Waals surface area contributed by atoms with Crippen LogP contribution in [-0.2, 0) is 19.5 Å². The van der Waals surface area contributed by atoms with Crippen molar-refractivity contribution >= 4 is 27.6 Å². The summed E-state index contributed by atoms with van der Waals surface area (Å²) in [6.07, 6.45) is 1.33. The van der Waals surface area contributed by atoms with Gasteiger partial charge in [-0.25, -0.2) is 22.7 Å². The summed E-state index contributed by atoms with van der Waals surface area (Å²) in [5, 5.41) is 7.56. The molecule has 0 amide bonds. The maximum atomic E-state index is 12.8. The van der Waals surface area contributed by atoms with Gasteiger partial charge in [-0.15, -0.1) is 5.10 Å². The van der Waals surface area contributed by atoms with Gasteiger partial charge in [0.15, 0.2) is 5.69 Å². The molecule has 0 atom stereocenters. The van der Waals surface area contributed by atoms with Gasteiger partial charge in [-0.1, -0.05) is 17.3 Å². The Morgan fingerprint density at radius 1 is 1.07 bits per heavy atom. The van der Waals surface area contributed by atoms with Crippen molar-refractivity contribution < 1.29 is 27.5 Å². The Labute approximate surface area is 172 Å². The standard InChI is InChI=1S/C19H18N4O6S/c1-3-29-18(24)13-8-10-14(11-9-13)30(26,27)21-15-6-4-5-7-17(15)23-12-16(20-22-23)19(25)28-2/h4-12,21H,3H2,1-2H3. The highest BCUT2D eigenvalue weighted by Gasteiger charge is 2.19. The normalized spacial score (nSPS) is 11.0. The number of methoxy groups -OCH3 is 1. The molecule has 0 aliphatic rings. The first-order chi connectivity index (χ1) is 14.4. The Bertz CT molecular complexity index is 1170. The molecule has 3 aromatic rings. The molecule has 2 aromatic carbocycles. The van der Waals surface area contributed by atoms with E-state index in [1.54, 1.807) is 31.2 Å². The maximum absolute atomic E-state index is 12.8. The summed E-state index contributed by atoms with van der Waals surface area (Å²) in [5.74, 6) is -1.20. The second-order valence-electron chi connectivity index (χ2n) is 5.91. The van der Waals surface area contributed by atoms with Crippen molar-refractivity contribution in [2.75, 3.05) is 18.4 Å². The molecule has 10 nitrogen and oxygen atoms in total. The van der Waals surface area contributed by atoms with Crippen molar-refractivity contribution in [3.63, 3.8) is 0 Å². The molecule has 30 heavy (non-hydrogen) atoms. The number of nitrogens with one attached hydrogen (secondary N) is 1. The first-order valence-corrected chi connectivity index (χ1v) is 10.2. The van der Waals surface area contributed by atoms with E-state index in [2.05, 4.69) is 19.8 Å². The van der Waals surface area contributed by atoms with Crippen LogP contribution in [0.5, 0.6) is 0 Å². The van der Waals surface area contributed by atoms with E-state index in [0.29, 0.717) is 5.69 Å². The molecule has 11 heteroatoms. The summed E-state index contributed by atoms with van der Waals surface area (Å²) < 4.78 is 38.8. The number of ether oxygens (including phenoxy) is 2. The Balaban J connectivity index is 1.88. The van der Waals surface area contributed by atoms with E-state index in [-0.39, 0.29) is 28.4 Å². The lowest BCUT2D eigenvalue weighted by Gasteiger charge is -2.12. The maximum Gasteiger partial charge on any atom is 0.360 e. The van der Waals surface area contributed by atoms with Gasteiger partial charge in [-0.05, 0) is 43.3 Å². The minimum atomic E-state index is -3.97. The largest absolute Gasteiger partial charge is 0.464 e. The Morgan fingerprint density at radius 2 is 1.77 bits per heavy atom. The van der Waals surface area contributed by atoms with Gasteiger partial charge in [0.05, 0.1) is 41.7 Å².